The summed E-state index contributed by atoms with van der Waals surface area (Å²) < 4.78 is 0. The second-order valence-electron chi connectivity index (χ2n) is 7.06. The summed E-state index contributed by atoms with van der Waals surface area (Å²) in [5.74, 6) is 0.0172. The van der Waals surface area contributed by atoms with Gasteiger partial charge >= 0.3 is 0 Å². The van der Waals surface area contributed by atoms with E-state index < -0.39 is 6.04 Å². The Morgan fingerprint density at radius 2 is 1.96 bits per heavy atom. The quantitative estimate of drug-likeness (QED) is 0.894. The van der Waals surface area contributed by atoms with E-state index in [0.29, 0.717) is 19.5 Å². The molecule has 3 heterocycles. The monoisotopic (exact) mass is 369 g/mol. The third-order valence-electron chi connectivity index (χ3n) is 5.28. The van der Waals surface area contributed by atoms with Crippen molar-refractivity contribution in [3.05, 3.63) is 57.8 Å². The zero-order chi connectivity index (χ0) is 18.1. The molecule has 136 valence electrons. The Morgan fingerprint density at radius 3 is 2.69 bits per heavy atom. The highest BCUT2D eigenvalue weighted by molar-refractivity contribution is 7.10. The number of amides is 2. The molecule has 0 radical (unpaired) electrons. The number of carbonyl (C=O) groups excluding carboxylic acids is 2. The van der Waals surface area contributed by atoms with Crippen molar-refractivity contribution in [3.8, 4) is 0 Å². The van der Waals surface area contributed by atoms with Crippen LogP contribution in [0.25, 0.3) is 0 Å². The van der Waals surface area contributed by atoms with Gasteiger partial charge < -0.3 is 10.2 Å². The van der Waals surface area contributed by atoms with E-state index in [1.165, 1.54) is 10.4 Å². The van der Waals surface area contributed by atoms with Crippen molar-refractivity contribution in [3.63, 3.8) is 0 Å². The SMILES string of the molecule is Cc1ccsc1CN1CCN2C(=O)[C@H](Cc3ccccc3)NC(=O)[C@H]2C1. The first-order valence-electron chi connectivity index (χ1n) is 9.02. The second kappa shape index (κ2) is 7.21. The van der Waals surface area contributed by atoms with Gasteiger partial charge in [0.05, 0.1) is 0 Å². The molecule has 26 heavy (non-hydrogen) atoms. The van der Waals surface area contributed by atoms with Crippen LogP contribution in [-0.4, -0.2) is 53.3 Å². The summed E-state index contributed by atoms with van der Waals surface area (Å²) in [6.07, 6.45) is 0.548. The van der Waals surface area contributed by atoms with Crippen LogP contribution in [-0.2, 0) is 22.6 Å². The molecule has 2 aliphatic heterocycles. The number of thiophene rings is 1. The van der Waals surface area contributed by atoms with Gasteiger partial charge in [-0.25, -0.2) is 0 Å². The summed E-state index contributed by atoms with van der Waals surface area (Å²) in [5.41, 5.74) is 2.36. The molecule has 6 heteroatoms. The lowest BCUT2D eigenvalue weighted by molar-refractivity contribution is -0.153. The Balaban J connectivity index is 1.43. The highest BCUT2D eigenvalue weighted by Gasteiger charge is 2.43. The van der Waals surface area contributed by atoms with Crippen LogP contribution in [0.15, 0.2) is 41.8 Å². The van der Waals surface area contributed by atoms with Crippen LogP contribution in [0.2, 0.25) is 0 Å². The molecule has 1 N–H and O–H groups in total. The van der Waals surface area contributed by atoms with Crippen LogP contribution in [0.1, 0.15) is 16.0 Å². The number of nitrogens with zero attached hydrogens (tertiary/aromatic N) is 2. The van der Waals surface area contributed by atoms with Crippen molar-refractivity contribution in [1.29, 1.82) is 0 Å². The Hall–Kier alpha value is -2.18. The summed E-state index contributed by atoms with van der Waals surface area (Å²) >= 11 is 1.75. The van der Waals surface area contributed by atoms with Crippen LogP contribution in [0.5, 0.6) is 0 Å². The molecule has 2 aliphatic rings. The molecule has 5 nitrogen and oxygen atoms in total. The van der Waals surface area contributed by atoms with E-state index in [4.69, 9.17) is 0 Å². The van der Waals surface area contributed by atoms with Gasteiger partial charge in [0.15, 0.2) is 0 Å². The standard InChI is InChI=1S/C20H23N3O2S/c1-14-7-10-26-18(14)13-22-8-9-23-17(12-22)19(24)21-16(20(23)25)11-15-5-3-2-4-6-15/h2-7,10,16-17H,8-9,11-13H2,1H3,(H,21,24)/t16-,17+/m0/s1. The number of piperazine rings is 2. The first kappa shape index (κ1) is 17.2. The van der Waals surface area contributed by atoms with Crippen molar-refractivity contribution in [2.75, 3.05) is 19.6 Å². The first-order chi connectivity index (χ1) is 12.6. The fourth-order valence-electron chi connectivity index (χ4n) is 3.76. The van der Waals surface area contributed by atoms with E-state index in [1.807, 2.05) is 30.3 Å². The van der Waals surface area contributed by atoms with Crippen LogP contribution in [0.3, 0.4) is 0 Å². The lowest BCUT2D eigenvalue weighted by atomic mass is 9.98. The zero-order valence-corrected chi connectivity index (χ0v) is 15.7. The number of nitrogens with one attached hydrogen (secondary N) is 1. The smallest absolute Gasteiger partial charge is 0.246 e. The molecule has 0 spiro atoms. The highest BCUT2D eigenvalue weighted by Crippen LogP contribution is 2.22. The van der Waals surface area contributed by atoms with E-state index in [-0.39, 0.29) is 17.9 Å². The third-order valence-corrected chi connectivity index (χ3v) is 6.29. The summed E-state index contributed by atoms with van der Waals surface area (Å²) in [6, 6.07) is 11.2. The molecule has 1 aromatic carbocycles. The molecule has 4 rings (SSSR count). The molecule has 2 saturated heterocycles. The lowest BCUT2D eigenvalue weighted by Gasteiger charge is -2.45. The number of fused-ring (bicyclic) bond motifs is 1. The van der Waals surface area contributed by atoms with E-state index >= 15 is 0 Å². The molecule has 1 aromatic heterocycles. The molecule has 2 aromatic rings. The number of aryl methyl sites for hydroxylation is 1. The Labute approximate surface area is 157 Å². The average Bonchev–Trinajstić information content (AvgIpc) is 3.05. The maximum atomic E-state index is 12.9. The Kier molecular flexibility index (Phi) is 4.78. The summed E-state index contributed by atoms with van der Waals surface area (Å²) in [5, 5.41) is 5.05. The van der Waals surface area contributed by atoms with Gasteiger partial charge in [-0.05, 0) is 29.5 Å². The largest absolute Gasteiger partial charge is 0.342 e. The van der Waals surface area contributed by atoms with E-state index in [9.17, 15) is 9.59 Å². The van der Waals surface area contributed by atoms with Gasteiger partial charge in [0, 0.05) is 37.5 Å². The minimum Gasteiger partial charge on any atom is -0.342 e. The fraction of sp³-hybridized carbons (Fsp3) is 0.400. The van der Waals surface area contributed by atoms with Gasteiger partial charge in [0.2, 0.25) is 11.8 Å². The van der Waals surface area contributed by atoms with Gasteiger partial charge in [-0.2, -0.15) is 0 Å². The van der Waals surface area contributed by atoms with E-state index in [0.717, 1.165) is 18.7 Å². The van der Waals surface area contributed by atoms with Crippen molar-refractivity contribution >= 4 is 23.2 Å². The number of hydrogen-bond acceptors (Lipinski definition) is 4. The Bertz CT molecular complexity index is 804. The van der Waals surface area contributed by atoms with Crippen molar-refractivity contribution in [1.82, 2.24) is 15.1 Å². The number of carbonyl (C=O) groups is 2. The molecule has 0 bridgehead atoms. The average molecular weight is 369 g/mol. The first-order valence-corrected chi connectivity index (χ1v) is 9.90. The van der Waals surface area contributed by atoms with Gasteiger partial charge in [0.25, 0.3) is 0 Å². The van der Waals surface area contributed by atoms with Gasteiger partial charge in [-0.3, -0.25) is 14.5 Å². The summed E-state index contributed by atoms with van der Waals surface area (Å²) in [6.45, 7) is 5.00. The molecule has 2 fully saturated rings. The van der Waals surface area contributed by atoms with E-state index in [2.05, 4.69) is 28.6 Å². The minimum atomic E-state index is -0.452. The highest BCUT2D eigenvalue weighted by atomic mass is 32.1. The minimum absolute atomic E-state index is 0.0295. The van der Waals surface area contributed by atoms with Gasteiger partial charge in [-0.15, -0.1) is 11.3 Å². The topological polar surface area (TPSA) is 52.6 Å². The normalized spacial score (nSPS) is 23.7. The van der Waals surface area contributed by atoms with Crippen molar-refractivity contribution in [2.45, 2.75) is 32.0 Å². The molecular weight excluding hydrogens is 346 g/mol. The fourth-order valence-corrected chi connectivity index (χ4v) is 4.71. The van der Waals surface area contributed by atoms with Crippen LogP contribution in [0, 0.1) is 6.92 Å². The predicted octanol–water partition coefficient (Wildman–Crippen LogP) is 1.81. The zero-order valence-electron chi connectivity index (χ0n) is 14.9. The predicted molar refractivity (Wildman–Crippen MR) is 102 cm³/mol. The molecular formula is C20H23N3O2S. The molecule has 2 amide bonds. The molecule has 0 unspecified atom stereocenters. The van der Waals surface area contributed by atoms with Gasteiger partial charge in [0.1, 0.15) is 12.1 Å². The van der Waals surface area contributed by atoms with E-state index in [1.54, 1.807) is 16.2 Å². The number of hydrogen-bond donors (Lipinski definition) is 1. The molecule has 0 aliphatic carbocycles. The Morgan fingerprint density at radius 1 is 1.15 bits per heavy atom. The summed E-state index contributed by atoms with van der Waals surface area (Å²) in [7, 11) is 0. The van der Waals surface area contributed by atoms with Crippen LogP contribution < -0.4 is 5.32 Å². The van der Waals surface area contributed by atoms with Crippen LogP contribution in [0.4, 0.5) is 0 Å². The molecule has 2 atom stereocenters. The summed E-state index contributed by atoms with van der Waals surface area (Å²) in [4.78, 5) is 30.9. The maximum absolute atomic E-state index is 12.9. The van der Waals surface area contributed by atoms with Crippen molar-refractivity contribution < 1.29 is 9.59 Å². The third kappa shape index (κ3) is 3.39. The second-order valence-corrected chi connectivity index (χ2v) is 8.06. The van der Waals surface area contributed by atoms with Gasteiger partial charge in [-0.1, -0.05) is 30.3 Å². The number of rotatable bonds is 4. The lowest BCUT2D eigenvalue weighted by Crippen LogP contribution is -2.69. The van der Waals surface area contributed by atoms with Crippen LogP contribution >= 0.6 is 11.3 Å². The van der Waals surface area contributed by atoms with Crippen molar-refractivity contribution in [2.24, 2.45) is 0 Å². The maximum Gasteiger partial charge on any atom is 0.246 e. The molecule has 0 saturated carbocycles. The number of benzene rings is 1.